The number of benzene rings is 1. The Kier molecular flexibility index (Phi) is 11.4. The van der Waals surface area contributed by atoms with Gasteiger partial charge in [0.15, 0.2) is 0 Å². The van der Waals surface area contributed by atoms with Gasteiger partial charge < -0.3 is 10.1 Å². The summed E-state index contributed by atoms with van der Waals surface area (Å²) in [4.78, 5) is 26.1. The second-order valence-corrected chi connectivity index (χ2v) is 9.08. The second kappa shape index (κ2) is 13.8. The molecule has 0 unspecified atom stereocenters. The van der Waals surface area contributed by atoms with E-state index in [0.29, 0.717) is 36.0 Å². The van der Waals surface area contributed by atoms with Crippen LogP contribution in [0, 0.1) is 0 Å². The quantitative estimate of drug-likeness (QED) is 0.111. The van der Waals surface area contributed by atoms with E-state index in [4.69, 9.17) is 33.8 Å². The van der Waals surface area contributed by atoms with Crippen molar-refractivity contribution in [2.75, 3.05) is 32.0 Å². The van der Waals surface area contributed by atoms with Crippen LogP contribution < -0.4 is 16.6 Å². The van der Waals surface area contributed by atoms with Crippen LogP contribution in [0.3, 0.4) is 0 Å². The SMILES string of the molecule is C=C(/C=C\C(=O)NN)SCCCC(=O)NC[C@H]1CN(Cc2ccc(Cl)c(Cl)c2)CCO1. The summed E-state index contributed by atoms with van der Waals surface area (Å²) in [5, 5.41) is 4.05. The van der Waals surface area contributed by atoms with Gasteiger partial charge in [-0.15, -0.1) is 11.8 Å². The van der Waals surface area contributed by atoms with Crippen LogP contribution >= 0.6 is 35.0 Å². The monoisotopic (exact) mass is 486 g/mol. The minimum absolute atomic E-state index is 0.00512. The fraction of sp³-hybridized carbons (Fsp3) is 0.429. The predicted molar refractivity (Wildman–Crippen MR) is 127 cm³/mol. The number of carbonyl (C=O) groups is 2. The van der Waals surface area contributed by atoms with Crippen molar-refractivity contribution in [3.8, 4) is 0 Å². The van der Waals surface area contributed by atoms with E-state index >= 15 is 0 Å². The Hall–Kier alpha value is -1.55. The number of ether oxygens (including phenoxy) is 1. The number of hydrazine groups is 1. The van der Waals surface area contributed by atoms with E-state index < -0.39 is 0 Å². The molecule has 0 saturated carbocycles. The number of nitrogens with two attached hydrogens (primary N) is 1. The number of hydrogen-bond acceptors (Lipinski definition) is 6. The van der Waals surface area contributed by atoms with Crippen LogP contribution in [-0.2, 0) is 20.9 Å². The first kappa shape index (κ1) is 25.7. The standard InChI is InChI=1S/C21H28Cl2N4O3S/c1-15(4-7-21(29)26-24)31-10-2-3-20(28)25-12-17-14-27(8-9-30-17)13-16-5-6-18(22)19(23)11-16/h4-7,11,17H,1-3,8-10,12-14,24H2,(H,25,28)(H,26,29)/b7-4-/t17-/m0/s1. The zero-order chi connectivity index (χ0) is 22.6. The van der Waals surface area contributed by atoms with Gasteiger partial charge >= 0.3 is 0 Å². The topological polar surface area (TPSA) is 96.7 Å². The maximum Gasteiger partial charge on any atom is 0.257 e. The highest BCUT2D eigenvalue weighted by Crippen LogP contribution is 2.23. The van der Waals surface area contributed by atoms with Crippen molar-refractivity contribution in [2.24, 2.45) is 5.84 Å². The molecule has 2 amide bonds. The van der Waals surface area contributed by atoms with Gasteiger partial charge in [0.2, 0.25) is 5.91 Å². The number of rotatable bonds is 11. The smallest absolute Gasteiger partial charge is 0.257 e. The summed E-state index contributed by atoms with van der Waals surface area (Å²) in [5.74, 6) is 5.34. The average Bonchev–Trinajstić information content (AvgIpc) is 2.76. The Morgan fingerprint density at radius 1 is 1.32 bits per heavy atom. The summed E-state index contributed by atoms with van der Waals surface area (Å²) in [6.45, 7) is 7.26. The second-order valence-electron chi connectivity index (χ2n) is 7.04. The van der Waals surface area contributed by atoms with Crippen LogP contribution in [0.25, 0.3) is 0 Å². The lowest BCUT2D eigenvalue weighted by Crippen LogP contribution is -2.47. The molecule has 1 aliphatic heterocycles. The van der Waals surface area contributed by atoms with Gasteiger partial charge in [-0.05, 0) is 35.9 Å². The van der Waals surface area contributed by atoms with Crippen LogP contribution in [0.2, 0.25) is 10.0 Å². The molecule has 0 spiro atoms. The van der Waals surface area contributed by atoms with Crippen LogP contribution in [0.15, 0.2) is 41.8 Å². The molecular formula is C21H28Cl2N4O3S. The molecule has 1 saturated heterocycles. The van der Waals surface area contributed by atoms with E-state index in [9.17, 15) is 9.59 Å². The van der Waals surface area contributed by atoms with Gasteiger partial charge in [-0.1, -0.05) is 35.8 Å². The Balaban J connectivity index is 1.62. The zero-order valence-corrected chi connectivity index (χ0v) is 19.6. The van der Waals surface area contributed by atoms with Gasteiger partial charge in [-0.25, -0.2) is 5.84 Å². The molecule has 7 nitrogen and oxygen atoms in total. The molecule has 1 fully saturated rings. The molecule has 31 heavy (non-hydrogen) atoms. The van der Waals surface area contributed by atoms with Crippen molar-refractivity contribution in [1.29, 1.82) is 0 Å². The number of nitrogens with zero attached hydrogens (tertiary/aromatic N) is 1. The van der Waals surface area contributed by atoms with Gasteiger partial charge in [-0.3, -0.25) is 19.9 Å². The average molecular weight is 487 g/mol. The van der Waals surface area contributed by atoms with Crippen molar-refractivity contribution in [3.05, 3.63) is 57.4 Å². The van der Waals surface area contributed by atoms with E-state index in [2.05, 4.69) is 16.8 Å². The molecule has 1 aromatic rings. The lowest BCUT2D eigenvalue weighted by Gasteiger charge is -2.33. The summed E-state index contributed by atoms with van der Waals surface area (Å²) >= 11 is 13.6. The molecule has 4 N–H and O–H groups in total. The highest BCUT2D eigenvalue weighted by molar-refractivity contribution is 8.03. The molecule has 10 heteroatoms. The van der Waals surface area contributed by atoms with E-state index in [0.717, 1.165) is 35.9 Å². The molecular weight excluding hydrogens is 459 g/mol. The third-order valence-electron chi connectivity index (χ3n) is 4.54. The van der Waals surface area contributed by atoms with E-state index in [1.165, 1.54) is 17.8 Å². The Morgan fingerprint density at radius 2 is 2.13 bits per heavy atom. The number of thioether (sulfide) groups is 1. The fourth-order valence-corrected chi connectivity index (χ4v) is 4.00. The number of hydrogen-bond donors (Lipinski definition) is 3. The van der Waals surface area contributed by atoms with Crippen molar-refractivity contribution >= 4 is 46.8 Å². The normalized spacial score (nSPS) is 16.9. The summed E-state index contributed by atoms with van der Waals surface area (Å²) in [5.41, 5.74) is 3.10. The first-order chi connectivity index (χ1) is 14.9. The summed E-state index contributed by atoms with van der Waals surface area (Å²) in [6.07, 6.45) is 4.00. The molecule has 1 aliphatic rings. The Labute approximate surface area is 197 Å². The van der Waals surface area contributed by atoms with E-state index in [-0.39, 0.29) is 17.9 Å². The fourth-order valence-electron chi connectivity index (χ4n) is 2.96. The number of allylic oxidation sites excluding steroid dienone is 1. The predicted octanol–water partition coefficient (Wildman–Crippen LogP) is 2.88. The first-order valence-corrected chi connectivity index (χ1v) is 11.7. The van der Waals surface area contributed by atoms with Crippen molar-refractivity contribution in [2.45, 2.75) is 25.5 Å². The summed E-state index contributed by atoms with van der Waals surface area (Å²) in [6, 6.07) is 5.65. The van der Waals surface area contributed by atoms with Crippen molar-refractivity contribution in [1.82, 2.24) is 15.6 Å². The molecule has 2 rings (SSSR count). The maximum absolute atomic E-state index is 12.1. The molecule has 1 aromatic carbocycles. The molecule has 0 radical (unpaired) electrons. The summed E-state index contributed by atoms with van der Waals surface area (Å²) in [7, 11) is 0. The third kappa shape index (κ3) is 10.1. The van der Waals surface area contributed by atoms with Crippen molar-refractivity contribution < 1.29 is 14.3 Å². The Bertz CT molecular complexity index is 807. The molecule has 1 atom stereocenters. The van der Waals surface area contributed by atoms with Gasteiger partial charge in [-0.2, -0.15) is 0 Å². The van der Waals surface area contributed by atoms with Crippen LogP contribution in [0.1, 0.15) is 18.4 Å². The minimum atomic E-state index is -0.387. The van der Waals surface area contributed by atoms with Crippen LogP contribution in [0.5, 0.6) is 0 Å². The highest BCUT2D eigenvalue weighted by Gasteiger charge is 2.21. The minimum Gasteiger partial charge on any atom is -0.374 e. The van der Waals surface area contributed by atoms with Gasteiger partial charge in [0, 0.05) is 43.6 Å². The lowest BCUT2D eigenvalue weighted by atomic mass is 10.2. The number of amides is 2. The van der Waals surface area contributed by atoms with Crippen LogP contribution in [-0.4, -0.2) is 54.8 Å². The third-order valence-corrected chi connectivity index (χ3v) is 6.28. The summed E-state index contributed by atoms with van der Waals surface area (Å²) < 4.78 is 5.78. The molecule has 0 aromatic heterocycles. The highest BCUT2D eigenvalue weighted by atomic mass is 35.5. The maximum atomic E-state index is 12.1. The number of nitrogens with one attached hydrogen (secondary N) is 2. The van der Waals surface area contributed by atoms with Gasteiger partial charge in [0.25, 0.3) is 5.91 Å². The lowest BCUT2D eigenvalue weighted by molar-refractivity contribution is -0.122. The van der Waals surface area contributed by atoms with E-state index in [1.54, 1.807) is 12.1 Å². The first-order valence-electron chi connectivity index (χ1n) is 9.92. The Morgan fingerprint density at radius 3 is 2.87 bits per heavy atom. The number of carbonyl (C=O) groups excluding carboxylic acids is 2. The largest absolute Gasteiger partial charge is 0.374 e. The van der Waals surface area contributed by atoms with Gasteiger partial charge in [0.05, 0.1) is 22.8 Å². The molecule has 0 aliphatic carbocycles. The van der Waals surface area contributed by atoms with E-state index in [1.807, 2.05) is 17.6 Å². The molecule has 0 bridgehead atoms. The zero-order valence-electron chi connectivity index (χ0n) is 17.2. The molecule has 170 valence electrons. The number of halogens is 2. The van der Waals surface area contributed by atoms with Crippen LogP contribution in [0.4, 0.5) is 0 Å². The molecule has 1 heterocycles. The van der Waals surface area contributed by atoms with Crippen molar-refractivity contribution in [3.63, 3.8) is 0 Å². The number of morpholine rings is 1. The van der Waals surface area contributed by atoms with Gasteiger partial charge in [0.1, 0.15) is 0 Å².